The molecule has 13 heavy (non-hydrogen) atoms. The van der Waals surface area contributed by atoms with E-state index < -0.39 is 0 Å². The summed E-state index contributed by atoms with van der Waals surface area (Å²) in [6.07, 6.45) is 1.66. The number of hydrogen-bond acceptors (Lipinski definition) is 3. The number of aryl methyl sites for hydroxylation is 1. The first kappa shape index (κ1) is 9.51. The maximum atomic E-state index is 11.3. The standard InChI is InChI=1S/C9H12N2O2/c1-4-5-11-7(2)6-8(13-3)10-9(11)12/h4,6H,1,5H2,2-3H3. The molecule has 0 unspecified atom stereocenters. The first-order valence-electron chi connectivity index (χ1n) is 3.92. The van der Waals surface area contributed by atoms with Crippen molar-refractivity contribution < 1.29 is 4.74 Å². The number of nitrogens with zero attached hydrogens (tertiary/aromatic N) is 2. The molecule has 0 bridgehead atoms. The molecule has 0 aliphatic heterocycles. The van der Waals surface area contributed by atoms with E-state index in [9.17, 15) is 4.79 Å². The zero-order valence-corrected chi connectivity index (χ0v) is 7.78. The van der Waals surface area contributed by atoms with Crippen LogP contribution in [-0.2, 0) is 6.54 Å². The van der Waals surface area contributed by atoms with E-state index in [-0.39, 0.29) is 5.69 Å². The summed E-state index contributed by atoms with van der Waals surface area (Å²) in [6, 6.07) is 1.71. The Morgan fingerprint density at radius 3 is 2.92 bits per heavy atom. The Morgan fingerprint density at radius 2 is 2.46 bits per heavy atom. The maximum absolute atomic E-state index is 11.3. The van der Waals surface area contributed by atoms with Crippen LogP contribution in [0.3, 0.4) is 0 Å². The van der Waals surface area contributed by atoms with Crippen molar-refractivity contribution in [2.24, 2.45) is 0 Å². The SMILES string of the molecule is C=CCn1c(C)cc(OC)nc1=O. The fourth-order valence-electron chi connectivity index (χ4n) is 1.05. The second-order valence-electron chi connectivity index (χ2n) is 2.62. The molecule has 0 saturated carbocycles. The molecule has 0 amide bonds. The Kier molecular flexibility index (Phi) is 2.84. The summed E-state index contributed by atoms with van der Waals surface area (Å²) in [6.45, 7) is 5.86. The molecular weight excluding hydrogens is 168 g/mol. The molecule has 1 aromatic heterocycles. The van der Waals surface area contributed by atoms with Crippen LogP contribution in [0.4, 0.5) is 0 Å². The van der Waals surface area contributed by atoms with Crippen molar-refractivity contribution in [1.82, 2.24) is 9.55 Å². The van der Waals surface area contributed by atoms with Crippen LogP contribution in [-0.4, -0.2) is 16.7 Å². The van der Waals surface area contributed by atoms with Crippen molar-refractivity contribution in [3.05, 3.63) is 34.9 Å². The Labute approximate surface area is 76.5 Å². The van der Waals surface area contributed by atoms with Gasteiger partial charge in [0.1, 0.15) is 0 Å². The lowest BCUT2D eigenvalue weighted by atomic mass is 10.4. The van der Waals surface area contributed by atoms with Gasteiger partial charge in [0.2, 0.25) is 5.88 Å². The third kappa shape index (κ3) is 1.96. The monoisotopic (exact) mass is 180 g/mol. The average Bonchev–Trinajstić information content (AvgIpc) is 2.11. The number of hydrogen-bond donors (Lipinski definition) is 0. The van der Waals surface area contributed by atoms with Crippen LogP contribution < -0.4 is 10.4 Å². The fourth-order valence-corrected chi connectivity index (χ4v) is 1.05. The minimum absolute atomic E-state index is 0.309. The lowest BCUT2D eigenvalue weighted by Crippen LogP contribution is -2.24. The van der Waals surface area contributed by atoms with E-state index in [0.29, 0.717) is 12.4 Å². The van der Waals surface area contributed by atoms with Crippen molar-refractivity contribution >= 4 is 0 Å². The highest BCUT2D eigenvalue weighted by molar-refractivity contribution is 5.13. The van der Waals surface area contributed by atoms with E-state index in [4.69, 9.17) is 4.74 Å². The van der Waals surface area contributed by atoms with Gasteiger partial charge in [0.25, 0.3) is 0 Å². The van der Waals surface area contributed by atoms with Crippen LogP contribution in [0, 0.1) is 6.92 Å². The molecule has 0 N–H and O–H groups in total. The van der Waals surface area contributed by atoms with E-state index in [2.05, 4.69) is 11.6 Å². The summed E-state index contributed by atoms with van der Waals surface area (Å²) in [5.74, 6) is 0.350. The van der Waals surface area contributed by atoms with E-state index in [1.54, 1.807) is 12.1 Å². The maximum Gasteiger partial charge on any atom is 0.351 e. The third-order valence-electron chi connectivity index (χ3n) is 1.72. The molecule has 0 aromatic carbocycles. The topological polar surface area (TPSA) is 44.1 Å². The van der Waals surface area contributed by atoms with Crippen molar-refractivity contribution in [1.29, 1.82) is 0 Å². The van der Waals surface area contributed by atoms with Gasteiger partial charge in [-0.2, -0.15) is 4.98 Å². The fraction of sp³-hybridized carbons (Fsp3) is 0.333. The summed E-state index contributed by atoms with van der Waals surface area (Å²) >= 11 is 0. The summed E-state index contributed by atoms with van der Waals surface area (Å²) < 4.78 is 6.38. The number of aromatic nitrogens is 2. The lowest BCUT2D eigenvalue weighted by molar-refractivity contribution is 0.391. The summed E-state index contributed by atoms with van der Waals surface area (Å²) in [4.78, 5) is 15.0. The van der Waals surface area contributed by atoms with Gasteiger partial charge in [-0.3, -0.25) is 4.57 Å². The number of rotatable bonds is 3. The van der Waals surface area contributed by atoms with Gasteiger partial charge in [0.15, 0.2) is 0 Å². The smallest absolute Gasteiger partial charge is 0.351 e. The van der Waals surface area contributed by atoms with Gasteiger partial charge in [-0.25, -0.2) is 4.79 Å². The Balaban J connectivity index is 3.23. The molecule has 0 aliphatic rings. The van der Waals surface area contributed by atoms with Crippen molar-refractivity contribution in [2.75, 3.05) is 7.11 Å². The summed E-state index contributed by atoms with van der Waals surface area (Å²) in [5, 5.41) is 0. The highest BCUT2D eigenvalue weighted by Crippen LogP contribution is 2.04. The molecule has 1 aromatic rings. The molecule has 4 heteroatoms. The van der Waals surface area contributed by atoms with Gasteiger partial charge < -0.3 is 4.74 Å². The number of allylic oxidation sites excluding steroid dienone is 1. The largest absolute Gasteiger partial charge is 0.481 e. The van der Waals surface area contributed by atoms with Crippen LogP contribution in [0.15, 0.2) is 23.5 Å². The van der Waals surface area contributed by atoms with Crippen LogP contribution in [0.5, 0.6) is 5.88 Å². The second-order valence-corrected chi connectivity index (χ2v) is 2.62. The van der Waals surface area contributed by atoms with Gasteiger partial charge in [0, 0.05) is 18.3 Å². The molecule has 0 radical (unpaired) electrons. The van der Waals surface area contributed by atoms with Crippen molar-refractivity contribution in [3.8, 4) is 5.88 Å². The molecule has 70 valence electrons. The third-order valence-corrected chi connectivity index (χ3v) is 1.72. The van der Waals surface area contributed by atoms with E-state index in [0.717, 1.165) is 5.69 Å². The Bertz CT molecular complexity index is 368. The second kappa shape index (κ2) is 3.89. The van der Waals surface area contributed by atoms with Crippen LogP contribution in [0.25, 0.3) is 0 Å². The molecule has 0 spiro atoms. The lowest BCUT2D eigenvalue weighted by Gasteiger charge is -2.06. The minimum Gasteiger partial charge on any atom is -0.481 e. The summed E-state index contributed by atoms with van der Waals surface area (Å²) in [5.41, 5.74) is 0.508. The highest BCUT2D eigenvalue weighted by Gasteiger charge is 2.02. The van der Waals surface area contributed by atoms with Crippen molar-refractivity contribution in [2.45, 2.75) is 13.5 Å². The predicted octanol–water partition coefficient (Wildman–Crippen LogP) is 0.746. The first-order chi connectivity index (χ1) is 6.19. The molecule has 0 fully saturated rings. The molecular formula is C9H12N2O2. The molecule has 1 heterocycles. The van der Waals surface area contributed by atoms with E-state index >= 15 is 0 Å². The van der Waals surface area contributed by atoms with Gasteiger partial charge in [-0.15, -0.1) is 6.58 Å². The van der Waals surface area contributed by atoms with Gasteiger partial charge in [-0.1, -0.05) is 6.08 Å². The first-order valence-corrected chi connectivity index (χ1v) is 3.92. The van der Waals surface area contributed by atoms with Gasteiger partial charge >= 0.3 is 5.69 Å². The quantitative estimate of drug-likeness (QED) is 0.644. The number of ether oxygens (including phenoxy) is 1. The van der Waals surface area contributed by atoms with Crippen LogP contribution >= 0.6 is 0 Å². The molecule has 1 rings (SSSR count). The van der Waals surface area contributed by atoms with Crippen molar-refractivity contribution in [3.63, 3.8) is 0 Å². The van der Waals surface area contributed by atoms with Crippen LogP contribution in [0.2, 0.25) is 0 Å². The average molecular weight is 180 g/mol. The van der Waals surface area contributed by atoms with E-state index in [1.165, 1.54) is 11.7 Å². The summed E-state index contributed by atoms with van der Waals surface area (Å²) in [7, 11) is 1.49. The zero-order chi connectivity index (χ0) is 9.84. The predicted molar refractivity (Wildman–Crippen MR) is 50.0 cm³/mol. The number of methoxy groups -OCH3 is 1. The Morgan fingerprint density at radius 1 is 1.77 bits per heavy atom. The molecule has 0 saturated heterocycles. The highest BCUT2D eigenvalue weighted by atomic mass is 16.5. The van der Waals surface area contributed by atoms with Gasteiger partial charge in [-0.05, 0) is 6.92 Å². The molecule has 0 atom stereocenters. The zero-order valence-electron chi connectivity index (χ0n) is 7.78. The normalized spacial score (nSPS) is 9.69. The molecule has 4 nitrogen and oxygen atoms in total. The van der Waals surface area contributed by atoms with Gasteiger partial charge in [0.05, 0.1) is 7.11 Å². The van der Waals surface area contributed by atoms with Crippen LogP contribution in [0.1, 0.15) is 5.69 Å². The van der Waals surface area contributed by atoms with E-state index in [1.807, 2.05) is 6.92 Å². The Hall–Kier alpha value is -1.58. The molecule has 0 aliphatic carbocycles. The minimum atomic E-state index is -0.309.